The van der Waals surface area contributed by atoms with Crippen molar-refractivity contribution in [1.29, 1.82) is 0 Å². The number of ether oxygens (including phenoxy) is 2. The first-order chi connectivity index (χ1) is 13.4. The Morgan fingerprint density at radius 1 is 0.679 bits per heavy atom. The Balaban J connectivity index is 2.21. The normalized spacial score (nSPS) is 11.1. The molecule has 2 aromatic heterocycles. The fourth-order valence-electron chi connectivity index (χ4n) is 3.43. The van der Waals surface area contributed by atoms with Gasteiger partial charge in [-0.1, -0.05) is 0 Å². The number of rotatable bonds is 3. The zero-order valence-corrected chi connectivity index (χ0v) is 16.1. The lowest BCUT2D eigenvalue weighted by molar-refractivity contribution is 0.376. The van der Waals surface area contributed by atoms with E-state index < -0.39 is 0 Å². The van der Waals surface area contributed by atoms with E-state index in [0.29, 0.717) is 33.3 Å². The zero-order chi connectivity index (χ0) is 20.0. The minimum absolute atomic E-state index is 0.0351. The van der Waals surface area contributed by atoms with Crippen LogP contribution in [-0.2, 0) is 0 Å². The molecular formula is C22H20N2O4. The summed E-state index contributed by atoms with van der Waals surface area (Å²) in [5.41, 5.74) is 4.34. The molecular weight excluding hydrogens is 356 g/mol. The molecule has 0 unspecified atom stereocenters. The molecule has 0 amide bonds. The third-order valence-corrected chi connectivity index (χ3v) is 4.84. The summed E-state index contributed by atoms with van der Waals surface area (Å²) in [6.07, 6.45) is 0. The number of nitrogens with zero attached hydrogens (tertiary/aromatic N) is 2. The van der Waals surface area contributed by atoms with Gasteiger partial charge in [-0.2, -0.15) is 0 Å². The van der Waals surface area contributed by atoms with E-state index in [4.69, 9.17) is 9.47 Å². The summed E-state index contributed by atoms with van der Waals surface area (Å²) in [5, 5.41) is 22.3. The van der Waals surface area contributed by atoms with E-state index in [1.165, 1.54) is 14.2 Å². The van der Waals surface area contributed by atoms with E-state index in [9.17, 15) is 10.2 Å². The van der Waals surface area contributed by atoms with E-state index in [0.717, 1.165) is 22.5 Å². The van der Waals surface area contributed by atoms with Gasteiger partial charge >= 0.3 is 0 Å². The highest BCUT2D eigenvalue weighted by Crippen LogP contribution is 2.45. The van der Waals surface area contributed by atoms with Gasteiger partial charge in [-0.3, -0.25) is 9.97 Å². The van der Waals surface area contributed by atoms with Crippen LogP contribution >= 0.6 is 0 Å². The van der Waals surface area contributed by atoms with E-state index in [2.05, 4.69) is 9.97 Å². The Hall–Kier alpha value is -3.54. The molecule has 142 valence electrons. The number of phenolic OH excluding ortho intramolecular Hbond substituents is 2. The largest absolute Gasteiger partial charge is 0.504 e. The Morgan fingerprint density at radius 2 is 1.07 bits per heavy atom. The first kappa shape index (κ1) is 17.9. The highest BCUT2D eigenvalue weighted by atomic mass is 16.5. The van der Waals surface area contributed by atoms with Gasteiger partial charge < -0.3 is 19.7 Å². The number of aromatic nitrogens is 2. The standard InChI is InChI=1S/C22H20N2O4/c1-11-5-7-13-19(23-11)15(9-17(27-3)21(13)25)16-10-18(28-4)22(26)14-8-6-12(2)24-20(14)16/h5-10,25-26H,1-4H3. The highest BCUT2D eigenvalue weighted by Gasteiger charge is 2.20. The summed E-state index contributed by atoms with van der Waals surface area (Å²) >= 11 is 0. The maximum absolute atomic E-state index is 10.6. The highest BCUT2D eigenvalue weighted by molar-refractivity contribution is 6.07. The van der Waals surface area contributed by atoms with Crippen LogP contribution in [0.4, 0.5) is 0 Å². The van der Waals surface area contributed by atoms with Gasteiger partial charge in [0.25, 0.3) is 0 Å². The molecule has 2 heterocycles. The van der Waals surface area contributed by atoms with Gasteiger partial charge in [0.05, 0.1) is 25.3 Å². The molecule has 6 heteroatoms. The van der Waals surface area contributed by atoms with Crippen LogP contribution in [0.1, 0.15) is 11.4 Å². The number of aromatic hydroxyl groups is 2. The first-order valence-electron chi connectivity index (χ1n) is 8.79. The number of benzene rings is 2. The molecule has 0 aliphatic rings. The molecule has 28 heavy (non-hydrogen) atoms. The second-order valence-electron chi connectivity index (χ2n) is 6.65. The average Bonchev–Trinajstić information content (AvgIpc) is 2.69. The third kappa shape index (κ3) is 2.65. The van der Waals surface area contributed by atoms with Crippen LogP contribution in [0.5, 0.6) is 23.0 Å². The number of methoxy groups -OCH3 is 2. The summed E-state index contributed by atoms with van der Waals surface area (Å²) < 4.78 is 10.8. The fourth-order valence-corrected chi connectivity index (χ4v) is 3.43. The molecule has 0 aliphatic heterocycles. The van der Waals surface area contributed by atoms with Gasteiger partial charge in [0.1, 0.15) is 0 Å². The SMILES string of the molecule is COc1cc(-c2cc(OC)c(O)c3ccc(C)nc23)c2nc(C)ccc2c1O. The van der Waals surface area contributed by atoms with Gasteiger partial charge in [0.15, 0.2) is 23.0 Å². The Bertz CT molecular complexity index is 1140. The lowest BCUT2D eigenvalue weighted by Gasteiger charge is -2.16. The quantitative estimate of drug-likeness (QED) is 0.548. The molecule has 2 N–H and O–H groups in total. The summed E-state index contributed by atoms with van der Waals surface area (Å²) in [6.45, 7) is 3.78. The first-order valence-corrected chi connectivity index (χ1v) is 8.79. The van der Waals surface area contributed by atoms with Gasteiger partial charge in [-0.25, -0.2) is 0 Å². The zero-order valence-electron chi connectivity index (χ0n) is 16.1. The molecule has 4 rings (SSSR count). The van der Waals surface area contributed by atoms with E-state index in [1.807, 2.05) is 38.1 Å². The topological polar surface area (TPSA) is 84.7 Å². The average molecular weight is 376 g/mol. The summed E-state index contributed by atoms with van der Waals surface area (Å²) in [7, 11) is 3.01. The smallest absolute Gasteiger partial charge is 0.167 e. The summed E-state index contributed by atoms with van der Waals surface area (Å²) in [6, 6.07) is 10.8. The maximum Gasteiger partial charge on any atom is 0.167 e. The molecule has 0 spiro atoms. The number of fused-ring (bicyclic) bond motifs is 2. The van der Waals surface area contributed by atoms with Crippen LogP contribution in [0.15, 0.2) is 36.4 Å². The number of phenols is 2. The van der Waals surface area contributed by atoms with Gasteiger partial charge in [0, 0.05) is 33.3 Å². The van der Waals surface area contributed by atoms with Crippen LogP contribution in [0.2, 0.25) is 0 Å². The second kappa shape index (κ2) is 6.56. The predicted octanol–water partition coefficient (Wildman–Crippen LogP) is 4.50. The van der Waals surface area contributed by atoms with E-state index in [1.54, 1.807) is 12.1 Å². The summed E-state index contributed by atoms with van der Waals surface area (Å²) in [5.74, 6) is 0.739. The van der Waals surface area contributed by atoms with Crippen molar-refractivity contribution in [3.05, 3.63) is 47.8 Å². The van der Waals surface area contributed by atoms with Crippen molar-refractivity contribution in [2.24, 2.45) is 0 Å². The molecule has 0 fully saturated rings. The van der Waals surface area contributed by atoms with Gasteiger partial charge in [0.2, 0.25) is 0 Å². The number of aryl methyl sites for hydroxylation is 2. The lowest BCUT2D eigenvalue weighted by atomic mass is 9.96. The Kier molecular flexibility index (Phi) is 4.19. The van der Waals surface area contributed by atoms with Crippen molar-refractivity contribution in [2.75, 3.05) is 14.2 Å². The molecule has 2 aromatic carbocycles. The van der Waals surface area contributed by atoms with Crippen molar-refractivity contribution in [3.8, 4) is 34.1 Å². The van der Waals surface area contributed by atoms with Crippen LogP contribution in [-0.4, -0.2) is 34.4 Å². The number of hydrogen-bond donors (Lipinski definition) is 2. The Labute approximate surface area is 162 Å². The minimum Gasteiger partial charge on any atom is -0.504 e. The molecule has 0 aliphatic carbocycles. The fraction of sp³-hybridized carbons (Fsp3) is 0.182. The Morgan fingerprint density at radius 3 is 1.43 bits per heavy atom. The molecule has 0 radical (unpaired) electrons. The van der Waals surface area contributed by atoms with Crippen molar-refractivity contribution in [3.63, 3.8) is 0 Å². The number of pyridine rings is 2. The monoisotopic (exact) mass is 376 g/mol. The molecule has 0 atom stereocenters. The van der Waals surface area contributed by atoms with Crippen LogP contribution in [0, 0.1) is 13.8 Å². The number of hydrogen-bond acceptors (Lipinski definition) is 6. The lowest BCUT2D eigenvalue weighted by Crippen LogP contribution is -1.96. The molecule has 0 saturated heterocycles. The maximum atomic E-state index is 10.6. The molecule has 6 nitrogen and oxygen atoms in total. The van der Waals surface area contributed by atoms with Crippen molar-refractivity contribution < 1.29 is 19.7 Å². The van der Waals surface area contributed by atoms with Crippen LogP contribution < -0.4 is 9.47 Å². The molecule has 0 saturated carbocycles. The van der Waals surface area contributed by atoms with Crippen LogP contribution in [0.25, 0.3) is 32.9 Å². The van der Waals surface area contributed by atoms with Crippen molar-refractivity contribution >= 4 is 21.8 Å². The minimum atomic E-state index is 0.0351. The summed E-state index contributed by atoms with van der Waals surface area (Å²) in [4.78, 5) is 9.30. The van der Waals surface area contributed by atoms with E-state index in [-0.39, 0.29) is 11.5 Å². The van der Waals surface area contributed by atoms with Crippen molar-refractivity contribution in [2.45, 2.75) is 13.8 Å². The van der Waals surface area contributed by atoms with Crippen molar-refractivity contribution in [1.82, 2.24) is 9.97 Å². The molecule has 0 bridgehead atoms. The third-order valence-electron chi connectivity index (χ3n) is 4.84. The van der Waals surface area contributed by atoms with Gasteiger partial charge in [-0.05, 0) is 50.2 Å². The van der Waals surface area contributed by atoms with Gasteiger partial charge in [-0.15, -0.1) is 0 Å². The predicted molar refractivity (Wildman–Crippen MR) is 108 cm³/mol. The molecule has 4 aromatic rings. The second-order valence-corrected chi connectivity index (χ2v) is 6.65. The van der Waals surface area contributed by atoms with Crippen LogP contribution in [0.3, 0.4) is 0 Å². The van der Waals surface area contributed by atoms with E-state index >= 15 is 0 Å².